The molecule has 0 unspecified atom stereocenters. The van der Waals surface area contributed by atoms with Gasteiger partial charge in [0.25, 0.3) is 0 Å². The highest BCUT2D eigenvalue weighted by Crippen LogP contribution is 2.63. The molecular weight excluding hydrogens is 729 g/mol. The van der Waals surface area contributed by atoms with Gasteiger partial charge in [-0.05, 0) is 102 Å². The van der Waals surface area contributed by atoms with Crippen LogP contribution in [0.4, 0.5) is 0 Å². The Morgan fingerprint density at radius 1 is 0.283 bits per heavy atom. The van der Waals surface area contributed by atoms with Crippen molar-refractivity contribution in [2.45, 2.75) is 39.5 Å². The fourth-order valence-electron chi connectivity index (χ4n) is 11.2. The summed E-state index contributed by atoms with van der Waals surface area (Å²) >= 11 is 0. The first-order chi connectivity index (χ1) is 29.6. The van der Waals surface area contributed by atoms with Gasteiger partial charge in [-0.15, -0.1) is 0 Å². The van der Waals surface area contributed by atoms with Crippen molar-refractivity contribution in [2.75, 3.05) is 0 Å². The highest BCUT2D eigenvalue weighted by Gasteiger charge is 2.45. The summed E-state index contributed by atoms with van der Waals surface area (Å²) in [6.45, 7) is 4.53. The number of hydrogen-bond acceptors (Lipinski definition) is 2. The van der Waals surface area contributed by atoms with E-state index in [2.05, 4.69) is 147 Å². The van der Waals surface area contributed by atoms with E-state index in [-0.39, 0.29) is 11.6 Å². The molecule has 0 aliphatic heterocycles. The zero-order chi connectivity index (χ0) is 40.2. The van der Waals surface area contributed by atoms with E-state index in [0.717, 1.165) is 137 Å². The van der Waals surface area contributed by atoms with Gasteiger partial charge in [-0.25, -0.2) is 0 Å². The van der Waals surface area contributed by atoms with Gasteiger partial charge in [0.1, 0.15) is 0 Å². The molecule has 0 saturated heterocycles. The molecule has 12 rings (SSSR count). The van der Waals surface area contributed by atoms with Gasteiger partial charge in [0.05, 0.1) is 0 Å². The lowest BCUT2D eigenvalue weighted by Gasteiger charge is -2.24. The lowest BCUT2D eigenvalue weighted by molar-refractivity contribution is 0.103. The lowest BCUT2D eigenvalue weighted by Crippen LogP contribution is -2.07. The van der Waals surface area contributed by atoms with E-state index in [4.69, 9.17) is 0 Å². The minimum absolute atomic E-state index is 0.0876. The van der Waals surface area contributed by atoms with Crippen LogP contribution in [0.2, 0.25) is 0 Å². The van der Waals surface area contributed by atoms with Crippen LogP contribution in [0, 0.1) is 0 Å². The summed E-state index contributed by atoms with van der Waals surface area (Å²) in [6.07, 6.45) is 3.55. The highest BCUT2D eigenvalue weighted by molar-refractivity contribution is 6.34. The molecule has 2 heteroatoms. The van der Waals surface area contributed by atoms with Gasteiger partial charge in [0, 0.05) is 44.5 Å². The first-order valence-electron chi connectivity index (χ1n) is 21.4. The summed E-state index contributed by atoms with van der Waals surface area (Å²) in [7, 11) is 0. The van der Waals surface area contributed by atoms with Crippen molar-refractivity contribution in [3.63, 3.8) is 0 Å². The average molecular weight is 769 g/mol. The number of rotatable bonds is 6. The normalized spacial score (nSPS) is 14.6. The first-order valence-corrected chi connectivity index (χ1v) is 21.4. The predicted molar refractivity (Wildman–Crippen MR) is 245 cm³/mol. The van der Waals surface area contributed by atoms with E-state index in [1.807, 2.05) is 24.3 Å². The van der Waals surface area contributed by atoms with Gasteiger partial charge in [-0.2, -0.15) is 0 Å². The van der Waals surface area contributed by atoms with Crippen molar-refractivity contribution < 1.29 is 9.59 Å². The van der Waals surface area contributed by atoms with Gasteiger partial charge in [0.2, 0.25) is 0 Å². The minimum Gasteiger partial charge on any atom is -0.289 e. The molecule has 0 fully saturated rings. The number of carbonyl (C=O) groups excluding carboxylic acids is 2. The molecule has 0 bridgehead atoms. The topological polar surface area (TPSA) is 34.1 Å². The fourth-order valence-corrected chi connectivity index (χ4v) is 11.2. The Bertz CT molecular complexity index is 3020. The third kappa shape index (κ3) is 4.54. The van der Waals surface area contributed by atoms with Crippen LogP contribution < -0.4 is 0 Å². The van der Waals surface area contributed by atoms with Crippen LogP contribution in [0.15, 0.2) is 158 Å². The second-order valence-corrected chi connectivity index (χ2v) is 16.5. The molecule has 8 aromatic rings. The standard InChI is InChI=1S/C58H40O2/c1-3-19-43-45(33-21-7-5-8-22-33)47-39-29-15-17-31-41(39)57(59)55(47)51-37-27-13-11-25-35(37)49(53(43)51)50-36-26-12-14-28-38(36)52-54(50)44(20-4-2)46(34-23-9-6-10-24-34)48-40-30-16-18-32-42(40)58(60)56(48)52/h5-18,21-32H,3-4,19-20H2,1-2H3/b50-49+. The van der Waals surface area contributed by atoms with Crippen LogP contribution in [0.1, 0.15) is 91.9 Å². The molecular formula is C58H40O2. The maximum Gasteiger partial charge on any atom is 0.194 e. The Morgan fingerprint density at radius 2 is 0.567 bits per heavy atom. The zero-order valence-electron chi connectivity index (χ0n) is 33.7. The Balaban J connectivity index is 1.32. The second kappa shape index (κ2) is 13.2. The van der Waals surface area contributed by atoms with Gasteiger partial charge in [-0.3, -0.25) is 9.59 Å². The SMILES string of the molecule is CCCc1c2c(c3c(c1-c1ccccc1)-c1ccccc1C3=O)-c1ccccc1/C2=C1/c2ccccc2-c2c3c(c(-c4ccccc4)c(CCC)c21)-c1ccccc1C3=O. The monoisotopic (exact) mass is 768 g/mol. The fraction of sp³-hybridized carbons (Fsp3) is 0.103. The quantitative estimate of drug-likeness (QED) is 0.169. The summed E-state index contributed by atoms with van der Waals surface area (Å²) in [6, 6.07) is 55.3. The van der Waals surface area contributed by atoms with Gasteiger partial charge >= 0.3 is 0 Å². The lowest BCUT2D eigenvalue weighted by atomic mass is 9.78. The number of ketones is 2. The summed E-state index contributed by atoms with van der Waals surface area (Å²) < 4.78 is 0. The van der Waals surface area contributed by atoms with Gasteiger partial charge < -0.3 is 0 Å². The van der Waals surface area contributed by atoms with Crippen molar-refractivity contribution in [3.05, 3.63) is 213 Å². The summed E-state index contributed by atoms with van der Waals surface area (Å²) in [4.78, 5) is 30.2. The zero-order valence-corrected chi connectivity index (χ0v) is 33.7. The molecule has 2 nitrogen and oxygen atoms in total. The third-order valence-corrected chi connectivity index (χ3v) is 13.3. The van der Waals surface area contributed by atoms with Crippen LogP contribution >= 0.6 is 0 Å². The van der Waals surface area contributed by atoms with Crippen molar-refractivity contribution in [1.29, 1.82) is 0 Å². The Hall–Kier alpha value is -7.16. The van der Waals surface area contributed by atoms with Crippen LogP contribution in [0.5, 0.6) is 0 Å². The van der Waals surface area contributed by atoms with Crippen molar-refractivity contribution in [1.82, 2.24) is 0 Å². The number of benzene rings is 8. The molecule has 0 N–H and O–H groups in total. The maximum atomic E-state index is 15.1. The molecule has 0 amide bonds. The largest absolute Gasteiger partial charge is 0.289 e. The smallest absolute Gasteiger partial charge is 0.194 e. The molecule has 4 aliphatic carbocycles. The molecule has 284 valence electrons. The molecule has 0 aromatic heterocycles. The van der Waals surface area contributed by atoms with E-state index in [9.17, 15) is 0 Å². The second-order valence-electron chi connectivity index (χ2n) is 16.5. The van der Waals surface area contributed by atoms with E-state index < -0.39 is 0 Å². The highest BCUT2D eigenvalue weighted by atomic mass is 16.1. The Labute approximate surface area is 350 Å². The minimum atomic E-state index is 0.0876. The maximum absolute atomic E-state index is 15.1. The Kier molecular flexibility index (Phi) is 7.65. The molecule has 0 heterocycles. The van der Waals surface area contributed by atoms with E-state index in [1.165, 1.54) is 22.3 Å². The molecule has 4 aliphatic rings. The summed E-state index contributed by atoms with van der Waals surface area (Å²) in [5.74, 6) is 0.175. The first kappa shape index (κ1) is 34.8. The average Bonchev–Trinajstić information content (AvgIpc) is 4.00. The molecule has 8 aromatic carbocycles. The van der Waals surface area contributed by atoms with Gasteiger partial charge in [-0.1, -0.05) is 184 Å². The van der Waals surface area contributed by atoms with Crippen molar-refractivity contribution in [2.24, 2.45) is 0 Å². The van der Waals surface area contributed by atoms with Crippen molar-refractivity contribution in [3.8, 4) is 66.8 Å². The Morgan fingerprint density at radius 3 is 0.917 bits per heavy atom. The number of carbonyl (C=O) groups is 2. The molecule has 60 heavy (non-hydrogen) atoms. The van der Waals surface area contributed by atoms with Crippen molar-refractivity contribution >= 4 is 22.7 Å². The van der Waals surface area contributed by atoms with E-state index in [0.29, 0.717) is 0 Å². The molecule has 0 radical (unpaired) electrons. The van der Waals surface area contributed by atoms with Gasteiger partial charge in [0.15, 0.2) is 11.6 Å². The number of hydrogen-bond donors (Lipinski definition) is 0. The van der Waals surface area contributed by atoms with Crippen LogP contribution in [-0.2, 0) is 12.8 Å². The van der Waals surface area contributed by atoms with E-state index >= 15 is 9.59 Å². The number of fused-ring (bicyclic) bond motifs is 14. The molecule has 0 saturated carbocycles. The van der Waals surface area contributed by atoms with Crippen LogP contribution in [0.3, 0.4) is 0 Å². The summed E-state index contributed by atoms with van der Waals surface area (Å²) in [5, 5.41) is 0. The van der Waals surface area contributed by atoms with E-state index in [1.54, 1.807) is 0 Å². The third-order valence-electron chi connectivity index (χ3n) is 13.3. The summed E-state index contributed by atoms with van der Waals surface area (Å²) in [5.41, 5.74) is 25.6. The van der Waals surface area contributed by atoms with Crippen LogP contribution in [0.25, 0.3) is 77.9 Å². The van der Waals surface area contributed by atoms with Crippen LogP contribution in [-0.4, -0.2) is 11.6 Å². The molecule has 0 atom stereocenters. The molecule has 0 spiro atoms. The predicted octanol–water partition coefficient (Wildman–Crippen LogP) is 14.3.